The fourth-order valence-corrected chi connectivity index (χ4v) is 3.85. The van der Waals surface area contributed by atoms with Crippen LogP contribution in [0.3, 0.4) is 0 Å². The van der Waals surface area contributed by atoms with Gasteiger partial charge in [-0.2, -0.15) is 0 Å². The van der Waals surface area contributed by atoms with E-state index in [4.69, 9.17) is 16.6 Å². The lowest BCUT2D eigenvalue weighted by Crippen LogP contribution is -2.58. The fraction of sp³-hybridized carbons (Fsp3) is 0.643. The lowest BCUT2D eigenvalue weighted by molar-refractivity contribution is -0.143. The van der Waals surface area contributed by atoms with Gasteiger partial charge in [-0.15, -0.1) is 0 Å². The van der Waals surface area contributed by atoms with Crippen LogP contribution < -0.4 is 54.0 Å². The quantitative estimate of drug-likeness (QED) is 0.0436. The van der Waals surface area contributed by atoms with Gasteiger partial charge in [0.2, 0.25) is 53.2 Å². The second-order valence-electron chi connectivity index (χ2n) is 11.6. The molecule has 0 aliphatic rings. The zero-order valence-electron chi connectivity index (χ0n) is 28.7. The van der Waals surface area contributed by atoms with Gasteiger partial charge >= 0.3 is 5.97 Å². The van der Waals surface area contributed by atoms with Gasteiger partial charge in [-0.05, 0) is 19.3 Å². The molecule has 0 heterocycles. The first-order valence-electron chi connectivity index (χ1n) is 15.7. The number of carboxylic acids is 1. The summed E-state index contributed by atoms with van der Waals surface area (Å²) in [6.45, 7) is -0.214. The number of carbonyl (C=O) groups excluding carboxylic acids is 9. The number of carboxylic acid groups (broad SMARTS) is 1. The van der Waals surface area contributed by atoms with Gasteiger partial charge in [-0.3, -0.25) is 43.2 Å². The number of amides is 9. The van der Waals surface area contributed by atoms with Crippen molar-refractivity contribution in [1.29, 1.82) is 0 Å². The number of nitrogens with one attached hydrogen (secondary N) is 8. The Hall–Kier alpha value is -5.46. The zero-order valence-corrected chi connectivity index (χ0v) is 28.7. The van der Waals surface area contributed by atoms with Gasteiger partial charge in [0.15, 0.2) is 0 Å². The Labute approximate surface area is 296 Å². The van der Waals surface area contributed by atoms with Crippen LogP contribution in [0.1, 0.15) is 33.6 Å². The van der Waals surface area contributed by atoms with Crippen LogP contribution in [0.4, 0.5) is 0 Å². The van der Waals surface area contributed by atoms with Gasteiger partial charge in [0.05, 0.1) is 45.9 Å². The second-order valence-corrected chi connectivity index (χ2v) is 11.6. The third-order valence-corrected chi connectivity index (χ3v) is 6.61. The van der Waals surface area contributed by atoms with Crippen molar-refractivity contribution in [3.8, 4) is 0 Å². The third kappa shape index (κ3) is 18.5. The standard InChI is InChI=1S/C28H48N10O14/c1-12(2)4-16(28(51)52)37-27(50)18(11-41)38-26(49)17(10-40)36-21(44)7-31-20(43)6-33-25(48)15(5-19(30)42)35-22(45)8-32-23(46)13(3)34-24(47)14(29)9-39/h12-18,39-41H,4-11,29H2,1-3H3,(H2,30,42)(H,31,43)(H,32,46)(H,33,48)(H,34,47)(H,35,45)(H,36,44)(H,37,50)(H,38,49)(H,51,52)/t13-,14-,15-,16-,17-,18-/m0/s1. The Balaban J connectivity index is 4.98. The van der Waals surface area contributed by atoms with Gasteiger partial charge in [0, 0.05) is 0 Å². The van der Waals surface area contributed by atoms with Crippen molar-refractivity contribution < 1.29 is 68.4 Å². The number of aliphatic carboxylic acids is 1. The molecular weight excluding hydrogens is 700 g/mol. The number of primary amides is 1. The summed E-state index contributed by atoms with van der Waals surface area (Å²) in [4.78, 5) is 121. The first kappa shape index (κ1) is 46.5. The van der Waals surface area contributed by atoms with Crippen molar-refractivity contribution in [2.75, 3.05) is 39.5 Å². The van der Waals surface area contributed by atoms with E-state index in [1.54, 1.807) is 13.8 Å². The summed E-state index contributed by atoms with van der Waals surface area (Å²) < 4.78 is 0. The van der Waals surface area contributed by atoms with Crippen molar-refractivity contribution in [2.24, 2.45) is 17.4 Å². The molecule has 0 fully saturated rings. The van der Waals surface area contributed by atoms with E-state index in [-0.39, 0.29) is 12.3 Å². The van der Waals surface area contributed by atoms with Gasteiger partial charge in [-0.1, -0.05) is 13.8 Å². The number of nitrogens with two attached hydrogens (primary N) is 2. The Morgan fingerprint density at radius 2 is 1.00 bits per heavy atom. The first-order valence-corrected chi connectivity index (χ1v) is 15.7. The van der Waals surface area contributed by atoms with Gasteiger partial charge < -0.3 is 74.4 Å². The number of hydrogen-bond donors (Lipinski definition) is 14. The summed E-state index contributed by atoms with van der Waals surface area (Å²) >= 11 is 0. The second kappa shape index (κ2) is 23.9. The number of rotatable bonds is 24. The molecule has 0 saturated heterocycles. The monoisotopic (exact) mass is 748 g/mol. The molecule has 0 rings (SSSR count). The predicted molar refractivity (Wildman–Crippen MR) is 174 cm³/mol. The molecule has 0 bridgehead atoms. The Bertz CT molecular complexity index is 1310. The highest BCUT2D eigenvalue weighted by Gasteiger charge is 2.30. The van der Waals surface area contributed by atoms with Crippen molar-refractivity contribution in [3.63, 3.8) is 0 Å². The number of carbonyl (C=O) groups is 10. The van der Waals surface area contributed by atoms with E-state index in [1.165, 1.54) is 6.92 Å². The molecule has 0 unspecified atom stereocenters. The molecular formula is C28H48N10O14. The Morgan fingerprint density at radius 1 is 0.538 bits per heavy atom. The van der Waals surface area contributed by atoms with E-state index in [0.29, 0.717) is 0 Å². The zero-order chi connectivity index (χ0) is 40.1. The van der Waals surface area contributed by atoms with Crippen LogP contribution in [-0.2, 0) is 47.9 Å². The fourth-order valence-electron chi connectivity index (χ4n) is 3.85. The lowest BCUT2D eigenvalue weighted by Gasteiger charge is -2.23. The van der Waals surface area contributed by atoms with Gasteiger partial charge in [0.1, 0.15) is 36.3 Å². The molecule has 0 aromatic carbocycles. The average Bonchev–Trinajstić information content (AvgIpc) is 3.07. The van der Waals surface area contributed by atoms with E-state index in [0.717, 1.165) is 0 Å². The normalized spacial score (nSPS) is 14.2. The molecule has 0 aliphatic heterocycles. The highest BCUT2D eigenvalue weighted by Crippen LogP contribution is 2.05. The van der Waals surface area contributed by atoms with Gasteiger partial charge in [-0.25, -0.2) is 4.79 Å². The maximum absolute atomic E-state index is 12.6. The van der Waals surface area contributed by atoms with E-state index >= 15 is 0 Å². The van der Waals surface area contributed by atoms with Crippen molar-refractivity contribution >= 4 is 59.1 Å². The predicted octanol–water partition coefficient (Wildman–Crippen LogP) is -8.91. The minimum absolute atomic E-state index is 0.0531. The Kier molecular flexibility index (Phi) is 21.4. The van der Waals surface area contributed by atoms with Crippen LogP contribution in [0.5, 0.6) is 0 Å². The SMILES string of the molecule is CC(C)C[C@H](NC(=O)[C@H](CO)NC(=O)[C@H](CO)NC(=O)CNC(=O)CNC(=O)[C@H](CC(N)=O)NC(=O)CNC(=O)[C@H](C)NC(=O)[C@@H](N)CO)C(=O)O. The minimum atomic E-state index is -1.67. The third-order valence-electron chi connectivity index (χ3n) is 6.61. The molecule has 0 aromatic heterocycles. The topological polar surface area (TPSA) is 400 Å². The first-order chi connectivity index (χ1) is 24.2. The molecule has 294 valence electrons. The molecule has 0 aliphatic carbocycles. The summed E-state index contributed by atoms with van der Waals surface area (Å²) in [7, 11) is 0. The van der Waals surface area contributed by atoms with E-state index in [1.807, 2.05) is 0 Å². The minimum Gasteiger partial charge on any atom is -0.480 e. The highest BCUT2D eigenvalue weighted by atomic mass is 16.4. The molecule has 9 amide bonds. The number of hydrogen-bond acceptors (Lipinski definition) is 14. The highest BCUT2D eigenvalue weighted by molar-refractivity contribution is 5.97. The van der Waals surface area contributed by atoms with Crippen LogP contribution in [0.15, 0.2) is 0 Å². The molecule has 0 radical (unpaired) electrons. The maximum atomic E-state index is 12.6. The molecule has 0 aromatic rings. The lowest BCUT2D eigenvalue weighted by atomic mass is 10.0. The van der Waals surface area contributed by atoms with Gasteiger partial charge in [0.25, 0.3) is 0 Å². The summed E-state index contributed by atoms with van der Waals surface area (Å²) in [5, 5.41) is 54.3. The number of aliphatic hydroxyl groups excluding tert-OH is 3. The summed E-state index contributed by atoms with van der Waals surface area (Å²) in [5.74, 6) is -10.3. The van der Waals surface area contributed by atoms with Crippen molar-refractivity contribution in [1.82, 2.24) is 42.5 Å². The van der Waals surface area contributed by atoms with Crippen molar-refractivity contribution in [2.45, 2.75) is 69.9 Å². The molecule has 0 saturated carbocycles. The summed E-state index contributed by atoms with van der Waals surface area (Å²) in [5.41, 5.74) is 10.5. The molecule has 24 heteroatoms. The summed E-state index contributed by atoms with van der Waals surface area (Å²) in [6.07, 6.45) is -0.667. The van der Waals surface area contributed by atoms with E-state index in [2.05, 4.69) is 42.5 Å². The van der Waals surface area contributed by atoms with E-state index in [9.17, 15) is 63.3 Å². The Morgan fingerprint density at radius 3 is 1.48 bits per heavy atom. The molecule has 52 heavy (non-hydrogen) atoms. The molecule has 24 nitrogen and oxygen atoms in total. The smallest absolute Gasteiger partial charge is 0.326 e. The van der Waals surface area contributed by atoms with Crippen LogP contribution in [-0.4, -0.2) is 155 Å². The largest absolute Gasteiger partial charge is 0.480 e. The molecule has 6 atom stereocenters. The van der Waals surface area contributed by atoms with Crippen LogP contribution in [0.2, 0.25) is 0 Å². The molecule has 0 spiro atoms. The van der Waals surface area contributed by atoms with E-state index < -0.39 is 141 Å². The summed E-state index contributed by atoms with van der Waals surface area (Å²) in [6, 6.07) is -8.68. The van der Waals surface area contributed by atoms with Crippen LogP contribution in [0, 0.1) is 5.92 Å². The van der Waals surface area contributed by atoms with Crippen LogP contribution >= 0.6 is 0 Å². The molecule has 16 N–H and O–H groups in total. The van der Waals surface area contributed by atoms with Crippen molar-refractivity contribution in [3.05, 3.63) is 0 Å². The maximum Gasteiger partial charge on any atom is 0.326 e. The number of aliphatic hydroxyl groups is 3. The van der Waals surface area contributed by atoms with Crippen LogP contribution in [0.25, 0.3) is 0 Å². The average molecular weight is 749 g/mol.